The maximum atomic E-state index is 13.6. The van der Waals surface area contributed by atoms with Crippen molar-refractivity contribution in [3.05, 3.63) is 35.1 Å². The van der Waals surface area contributed by atoms with Gasteiger partial charge in [-0.15, -0.1) is 0 Å². The highest BCUT2D eigenvalue weighted by Crippen LogP contribution is 2.48. The first-order chi connectivity index (χ1) is 8.84. The third kappa shape index (κ3) is 2.69. The smallest absolute Gasteiger partial charge is 0.123 e. The van der Waals surface area contributed by atoms with Crippen LogP contribution in [0.2, 0.25) is 0 Å². The van der Waals surface area contributed by atoms with Crippen molar-refractivity contribution in [2.75, 3.05) is 0 Å². The third-order valence-corrected chi connectivity index (χ3v) is 4.71. The van der Waals surface area contributed by atoms with Gasteiger partial charge in [0.2, 0.25) is 0 Å². The minimum Gasteiger partial charge on any atom is -0.385 e. The zero-order valence-electron chi connectivity index (χ0n) is 12.4. The van der Waals surface area contributed by atoms with Crippen LogP contribution in [0.3, 0.4) is 0 Å². The van der Waals surface area contributed by atoms with Crippen molar-refractivity contribution in [3.8, 4) is 0 Å². The van der Waals surface area contributed by atoms with Crippen LogP contribution >= 0.6 is 0 Å². The first-order valence-corrected chi connectivity index (χ1v) is 7.33. The molecule has 0 heterocycles. The molecule has 0 bridgehead atoms. The highest BCUT2D eigenvalue weighted by atomic mass is 19.1. The Balaban J connectivity index is 2.49. The van der Waals surface area contributed by atoms with Gasteiger partial charge in [-0.25, -0.2) is 4.39 Å². The fourth-order valence-electron chi connectivity index (χ4n) is 3.74. The van der Waals surface area contributed by atoms with E-state index in [0.717, 1.165) is 30.4 Å². The van der Waals surface area contributed by atoms with Gasteiger partial charge in [0.25, 0.3) is 0 Å². The number of aryl methyl sites for hydroxylation is 1. The van der Waals surface area contributed by atoms with Crippen LogP contribution in [-0.4, -0.2) is 5.11 Å². The molecule has 1 saturated carbocycles. The van der Waals surface area contributed by atoms with Gasteiger partial charge in [0, 0.05) is 0 Å². The maximum absolute atomic E-state index is 13.6. The molecule has 3 unspecified atom stereocenters. The molecule has 106 valence electrons. The van der Waals surface area contributed by atoms with Crippen LogP contribution in [-0.2, 0) is 5.60 Å². The van der Waals surface area contributed by atoms with Crippen LogP contribution in [0.15, 0.2) is 18.2 Å². The normalized spacial score (nSPS) is 31.7. The fourth-order valence-corrected chi connectivity index (χ4v) is 3.74. The Bertz CT molecular complexity index is 455. The molecule has 0 aromatic heterocycles. The zero-order valence-corrected chi connectivity index (χ0v) is 12.4. The second-order valence-corrected chi connectivity index (χ2v) is 6.62. The van der Waals surface area contributed by atoms with Crippen molar-refractivity contribution in [2.24, 2.45) is 17.8 Å². The summed E-state index contributed by atoms with van der Waals surface area (Å²) in [6, 6.07) is 4.78. The SMILES string of the molecule is Cc1ccc(F)cc1C1(O)CC(C)CCC1C(C)C. The van der Waals surface area contributed by atoms with E-state index in [0.29, 0.717) is 11.8 Å². The van der Waals surface area contributed by atoms with Crippen LogP contribution < -0.4 is 0 Å². The highest BCUT2D eigenvalue weighted by Gasteiger charge is 2.44. The van der Waals surface area contributed by atoms with E-state index < -0.39 is 5.60 Å². The number of hydrogen-bond donors (Lipinski definition) is 1. The Morgan fingerprint density at radius 3 is 2.63 bits per heavy atom. The standard InChI is InChI=1S/C17H25FO/c1-11(2)15-8-5-12(3)10-17(15,19)16-9-14(18)7-6-13(16)4/h6-7,9,11-12,15,19H,5,8,10H2,1-4H3. The summed E-state index contributed by atoms with van der Waals surface area (Å²) in [7, 11) is 0. The van der Waals surface area contributed by atoms with E-state index in [2.05, 4.69) is 20.8 Å². The van der Waals surface area contributed by atoms with E-state index in [-0.39, 0.29) is 11.7 Å². The molecule has 1 N–H and O–H groups in total. The molecule has 2 heteroatoms. The van der Waals surface area contributed by atoms with Gasteiger partial charge >= 0.3 is 0 Å². The number of halogens is 1. The molecule has 1 aliphatic rings. The van der Waals surface area contributed by atoms with Crippen LogP contribution in [0.5, 0.6) is 0 Å². The Morgan fingerprint density at radius 2 is 2.00 bits per heavy atom. The predicted octanol–water partition coefficient (Wildman–Crippen LogP) is 4.41. The van der Waals surface area contributed by atoms with E-state index in [9.17, 15) is 9.50 Å². The molecule has 3 atom stereocenters. The Hall–Kier alpha value is -0.890. The molecule has 19 heavy (non-hydrogen) atoms. The van der Waals surface area contributed by atoms with E-state index in [1.807, 2.05) is 6.92 Å². The van der Waals surface area contributed by atoms with E-state index >= 15 is 0 Å². The minimum atomic E-state index is -0.877. The molecule has 1 fully saturated rings. The van der Waals surface area contributed by atoms with Crippen molar-refractivity contribution in [3.63, 3.8) is 0 Å². The third-order valence-electron chi connectivity index (χ3n) is 4.71. The summed E-state index contributed by atoms with van der Waals surface area (Å²) < 4.78 is 13.6. The van der Waals surface area contributed by atoms with Crippen molar-refractivity contribution >= 4 is 0 Å². The quantitative estimate of drug-likeness (QED) is 0.838. The highest BCUT2D eigenvalue weighted by molar-refractivity contribution is 5.33. The molecular formula is C17H25FO. The monoisotopic (exact) mass is 264 g/mol. The average molecular weight is 264 g/mol. The second kappa shape index (κ2) is 5.24. The lowest BCUT2D eigenvalue weighted by Gasteiger charge is -2.45. The van der Waals surface area contributed by atoms with Gasteiger partial charge in [-0.05, 0) is 60.8 Å². The van der Waals surface area contributed by atoms with Gasteiger partial charge in [0.15, 0.2) is 0 Å². The molecule has 0 amide bonds. The summed E-state index contributed by atoms with van der Waals surface area (Å²) in [5.41, 5.74) is 0.902. The summed E-state index contributed by atoms with van der Waals surface area (Å²) in [5, 5.41) is 11.3. The molecule has 0 aliphatic heterocycles. The van der Waals surface area contributed by atoms with Crippen LogP contribution in [0.4, 0.5) is 4.39 Å². The molecule has 2 rings (SSSR count). The first kappa shape index (κ1) is 14.5. The van der Waals surface area contributed by atoms with Gasteiger partial charge in [-0.3, -0.25) is 0 Å². The number of rotatable bonds is 2. The number of hydrogen-bond acceptors (Lipinski definition) is 1. The molecule has 0 spiro atoms. The lowest BCUT2D eigenvalue weighted by Crippen LogP contribution is -2.43. The summed E-state index contributed by atoms with van der Waals surface area (Å²) >= 11 is 0. The molecule has 1 aromatic carbocycles. The number of aliphatic hydroxyl groups is 1. The van der Waals surface area contributed by atoms with Gasteiger partial charge in [-0.2, -0.15) is 0 Å². The summed E-state index contributed by atoms with van der Waals surface area (Å²) in [6.07, 6.45) is 2.91. The molecule has 1 aliphatic carbocycles. The average Bonchev–Trinajstić information content (AvgIpc) is 2.31. The van der Waals surface area contributed by atoms with E-state index in [4.69, 9.17) is 0 Å². The van der Waals surface area contributed by atoms with Crippen LogP contribution in [0.1, 0.15) is 51.2 Å². The Morgan fingerprint density at radius 1 is 1.32 bits per heavy atom. The fraction of sp³-hybridized carbons (Fsp3) is 0.647. The largest absolute Gasteiger partial charge is 0.385 e. The van der Waals surface area contributed by atoms with Crippen LogP contribution in [0.25, 0.3) is 0 Å². The van der Waals surface area contributed by atoms with E-state index in [1.165, 1.54) is 12.1 Å². The van der Waals surface area contributed by atoms with Crippen LogP contribution in [0, 0.1) is 30.5 Å². The minimum absolute atomic E-state index is 0.212. The summed E-state index contributed by atoms with van der Waals surface area (Å²) in [6.45, 7) is 8.44. The Labute approximate surface area is 115 Å². The van der Waals surface area contributed by atoms with Crippen molar-refractivity contribution in [2.45, 2.75) is 52.6 Å². The van der Waals surface area contributed by atoms with Gasteiger partial charge in [0.05, 0.1) is 5.60 Å². The summed E-state index contributed by atoms with van der Waals surface area (Å²) in [4.78, 5) is 0. The molecule has 1 nitrogen and oxygen atoms in total. The van der Waals surface area contributed by atoms with Gasteiger partial charge < -0.3 is 5.11 Å². The van der Waals surface area contributed by atoms with Crippen molar-refractivity contribution < 1.29 is 9.50 Å². The second-order valence-electron chi connectivity index (χ2n) is 6.62. The van der Waals surface area contributed by atoms with Gasteiger partial charge in [0.1, 0.15) is 5.82 Å². The summed E-state index contributed by atoms with van der Waals surface area (Å²) in [5.74, 6) is 0.849. The lowest BCUT2D eigenvalue weighted by atomic mass is 9.63. The molecule has 0 radical (unpaired) electrons. The zero-order chi connectivity index (χ0) is 14.2. The molecule has 1 aromatic rings. The molecular weight excluding hydrogens is 239 g/mol. The molecule has 0 saturated heterocycles. The van der Waals surface area contributed by atoms with E-state index in [1.54, 1.807) is 6.07 Å². The first-order valence-electron chi connectivity index (χ1n) is 7.33. The maximum Gasteiger partial charge on any atom is 0.123 e. The topological polar surface area (TPSA) is 20.2 Å². The van der Waals surface area contributed by atoms with Gasteiger partial charge in [-0.1, -0.05) is 33.3 Å². The Kier molecular flexibility index (Phi) is 4.00. The van der Waals surface area contributed by atoms with Crippen molar-refractivity contribution in [1.82, 2.24) is 0 Å². The van der Waals surface area contributed by atoms with Crippen molar-refractivity contribution in [1.29, 1.82) is 0 Å². The predicted molar refractivity (Wildman–Crippen MR) is 76.4 cm³/mol. The number of benzene rings is 1. The lowest BCUT2D eigenvalue weighted by molar-refractivity contribution is -0.0871.